The van der Waals surface area contributed by atoms with Crippen molar-refractivity contribution in [2.24, 2.45) is 5.92 Å². The Morgan fingerprint density at radius 1 is 1.38 bits per heavy atom. The van der Waals surface area contributed by atoms with Gasteiger partial charge in [-0.25, -0.2) is 0 Å². The molecule has 1 amide bonds. The molecule has 4 nitrogen and oxygen atoms in total. The van der Waals surface area contributed by atoms with Gasteiger partial charge in [-0.05, 0) is 5.92 Å². The first-order chi connectivity index (χ1) is 7.22. The number of hydrogen-bond donors (Lipinski definition) is 3. The van der Waals surface area contributed by atoms with Gasteiger partial charge >= 0.3 is 6.18 Å². The average molecular weight is 242 g/mol. The number of halogens is 3. The maximum atomic E-state index is 11.7. The summed E-state index contributed by atoms with van der Waals surface area (Å²) in [5.74, 6) is -0.576. The highest BCUT2D eigenvalue weighted by Crippen LogP contribution is 2.11. The van der Waals surface area contributed by atoms with Crippen LogP contribution >= 0.6 is 0 Å². The third-order valence-corrected chi connectivity index (χ3v) is 1.89. The first-order valence-electron chi connectivity index (χ1n) is 4.94. The lowest BCUT2D eigenvalue weighted by Gasteiger charge is -2.15. The van der Waals surface area contributed by atoms with Crippen molar-refractivity contribution in [3.05, 3.63) is 0 Å². The lowest BCUT2D eigenvalue weighted by atomic mass is 10.1. The Balaban J connectivity index is 3.60. The molecule has 0 aromatic heterocycles. The van der Waals surface area contributed by atoms with Crippen LogP contribution in [0, 0.1) is 5.92 Å². The molecule has 0 heterocycles. The quantitative estimate of drug-likeness (QED) is 0.626. The van der Waals surface area contributed by atoms with Crippen LogP contribution in [0.3, 0.4) is 0 Å². The van der Waals surface area contributed by atoms with Crippen molar-refractivity contribution in [1.29, 1.82) is 0 Å². The van der Waals surface area contributed by atoms with E-state index in [0.717, 1.165) is 0 Å². The van der Waals surface area contributed by atoms with Crippen molar-refractivity contribution in [3.8, 4) is 0 Å². The van der Waals surface area contributed by atoms with Gasteiger partial charge in [0, 0.05) is 6.54 Å². The zero-order valence-corrected chi connectivity index (χ0v) is 9.27. The van der Waals surface area contributed by atoms with Crippen LogP contribution in [-0.4, -0.2) is 42.9 Å². The third-order valence-electron chi connectivity index (χ3n) is 1.89. The summed E-state index contributed by atoms with van der Waals surface area (Å²) in [6.45, 7) is 1.99. The lowest BCUT2D eigenvalue weighted by molar-refractivity contribution is -0.128. The Bertz CT molecular complexity index is 219. The second-order valence-electron chi connectivity index (χ2n) is 3.83. The fraction of sp³-hybridized carbons (Fsp3) is 0.889. The number of carbonyl (C=O) groups excluding carboxylic acids is 1. The number of rotatable bonds is 6. The van der Waals surface area contributed by atoms with Gasteiger partial charge in [-0.2, -0.15) is 13.2 Å². The molecule has 0 saturated heterocycles. The minimum atomic E-state index is -4.32. The molecule has 0 aliphatic rings. The Kier molecular flexibility index (Phi) is 6.35. The van der Waals surface area contributed by atoms with E-state index in [0.29, 0.717) is 0 Å². The Morgan fingerprint density at radius 3 is 2.38 bits per heavy atom. The molecular formula is C9H17F3N2O2. The van der Waals surface area contributed by atoms with Crippen LogP contribution in [0.25, 0.3) is 0 Å². The molecule has 0 aliphatic heterocycles. The van der Waals surface area contributed by atoms with Gasteiger partial charge in [0.05, 0.1) is 19.2 Å². The summed E-state index contributed by atoms with van der Waals surface area (Å²) in [5, 5.41) is 13.6. The standard InChI is InChI=1S/C9H17F3N2O2/c1-6(2)7(15)3-14-8(16)4-13-5-9(10,11)12/h6-7,13,15H,3-5H2,1-2H3,(H,14,16). The summed E-state index contributed by atoms with van der Waals surface area (Å²) in [7, 11) is 0. The predicted molar refractivity (Wildman–Crippen MR) is 52.8 cm³/mol. The largest absolute Gasteiger partial charge is 0.401 e. The van der Waals surface area contributed by atoms with Gasteiger partial charge in [0.1, 0.15) is 0 Å². The molecule has 1 unspecified atom stereocenters. The molecule has 0 radical (unpaired) electrons. The summed E-state index contributed by atoms with van der Waals surface area (Å²) in [6, 6.07) is 0. The van der Waals surface area contributed by atoms with Crippen LogP contribution in [0.2, 0.25) is 0 Å². The highest BCUT2D eigenvalue weighted by molar-refractivity contribution is 5.77. The van der Waals surface area contributed by atoms with Crippen LogP contribution in [-0.2, 0) is 4.79 Å². The van der Waals surface area contributed by atoms with Crippen LogP contribution in [0.4, 0.5) is 13.2 Å². The number of aliphatic hydroxyl groups excluding tert-OH is 1. The van der Waals surface area contributed by atoms with Crippen molar-refractivity contribution in [1.82, 2.24) is 10.6 Å². The minimum Gasteiger partial charge on any atom is -0.391 e. The Hall–Kier alpha value is -0.820. The molecule has 7 heteroatoms. The molecule has 0 aromatic carbocycles. The zero-order chi connectivity index (χ0) is 12.8. The molecule has 0 fully saturated rings. The molecule has 1 atom stereocenters. The Labute approximate surface area is 92.2 Å². The molecule has 3 N–H and O–H groups in total. The predicted octanol–water partition coefficient (Wildman–Crippen LogP) is 0.271. The fourth-order valence-electron chi connectivity index (χ4n) is 0.834. The molecule has 0 rings (SSSR count). The number of nitrogens with one attached hydrogen (secondary N) is 2. The molecule has 0 aliphatic carbocycles. The average Bonchev–Trinajstić information content (AvgIpc) is 2.11. The highest BCUT2D eigenvalue weighted by Gasteiger charge is 2.26. The third kappa shape index (κ3) is 8.49. The van der Waals surface area contributed by atoms with Crippen molar-refractivity contribution in [3.63, 3.8) is 0 Å². The summed E-state index contributed by atoms with van der Waals surface area (Å²) in [6.07, 6.45) is -5.01. The van der Waals surface area contributed by atoms with Gasteiger partial charge in [-0.1, -0.05) is 13.8 Å². The van der Waals surface area contributed by atoms with E-state index in [1.807, 2.05) is 5.32 Å². The van der Waals surface area contributed by atoms with Crippen molar-refractivity contribution >= 4 is 5.91 Å². The van der Waals surface area contributed by atoms with E-state index < -0.39 is 31.3 Å². The maximum absolute atomic E-state index is 11.7. The van der Waals surface area contributed by atoms with E-state index in [2.05, 4.69) is 5.32 Å². The van der Waals surface area contributed by atoms with Crippen LogP contribution in [0.1, 0.15) is 13.8 Å². The molecular weight excluding hydrogens is 225 g/mol. The number of alkyl halides is 3. The van der Waals surface area contributed by atoms with Crippen molar-refractivity contribution in [2.45, 2.75) is 26.1 Å². The maximum Gasteiger partial charge on any atom is 0.401 e. The number of aliphatic hydroxyl groups is 1. The molecule has 0 aromatic rings. The van der Waals surface area contributed by atoms with Gasteiger partial charge in [-0.15, -0.1) is 0 Å². The van der Waals surface area contributed by atoms with E-state index in [9.17, 15) is 23.1 Å². The van der Waals surface area contributed by atoms with Crippen LogP contribution < -0.4 is 10.6 Å². The molecule has 0 bridgehead atoms. The smallest absolute Gasteiger partial charge is 0.391 e. The van der Waals surface area contributed by atoms with Crippen molar-refractivity contribution in [2.75, 3.05) is 19.6 Å². The SMILES string of the molecule is CC(C)C(O)CNC(=O)CNCC(F)(F)F. The second kappa shape index (κ2) is 6.70. The van der Waals surface area contributed by atoms with Gasteiger partial charge in [-0.3, -0.25) is 4.79 Å². The molecule has 0 spiro atoms. The lowest BCUT2D eigenvalue weighted by Crippen LogP contribution is -2.41. The van der Waals surface area contributed by atoms with E-state index in [1.165, 1.54) is 0 Å². The van der Waals surface area contributed by atoms with Gasteiger partial charge in [0.2, 0.25) is 5.91 Å². The number of amides is 1. The summed E-state index contributed by atoms with van der Waals surface area (Å²) < 4.78 is 35.1. The van der Waals surface area contributed by atoms with Gasteiger partial charge < -0.3 is 15.7 Å². The summed E-state index contributed by atoms with van der Waals surface area (Å²) in [4.78, 5) is 11.0. The van der Waals surface area contributed by atoms with Gasteiger partial charge in [0.15, 0.2) is 0 Å². The fourth-order valence-corrected chi connectivity index (χ4v) is 0.834. The number of carbonyl (C=O) groups is 1. The van der Waals surface area contributed by atoms with E-state index >= 15 is 0 Å². The van der Waals surface area contributed by atoms with Crippen molar-refractivity contribution < 1.29 is 23.1 Å². The Morgan fingerprint density at radius 2 is 1.94 bits per heavy atom. The van der Waals surface area contributed by atoms with E-state index in [1.54, 1.807) is 13.8 Å². The monoisotopic (exact) mass is 242 g/mol. The van der Waals surface area contributed by atoms with Gasteiger partial charge in [0.25, 0.3) is 0 Å². The summed E-state index contributed by atoms with van der Waals surface area (Å²) >= 11 is 0. The summed E-state index contributed by atoms with van der Waals surface area (Å²) in [5.41, 5.74) is 0. The number of hydrogen-bond acceptors (Lipinski definition) is 3. The van der Waals surface area contributed by atoms with Crippen LogP contribution in [0.5, 0.6) is 0 Å². The second-order valence-corrected chi connectivity index (χ2v) is 3.83. The minimum absolute atomic E-state index is 0.0107. The topological polar surface area (TPSA) is 61.4 Å². The first-order valence-corrected chi connectivity index (χ1v) is 4.94. The zero-order valence-electron chi connectivity index (χ0n) is 9.27. The molecule has 0 saturated carbocycles. The normalized spacial score (nSPS) is 13.9. The molecule has 16 heavy (non-hydrogen) atoms. The first kappa shape index (κ1) is 15.2. The van der Waals surface area contributed by atoms with E-state index in [-0.39, 0.29) is 12.5 Å². The van der Waals surface area contributed by atoms with E-state index in [4.69, 9.17) is 0 Å². The van der Waals surface area contributed by atoms with Crippen LogP contribution in [0.15, 0.2) is 0 Å². The molecule has 96 valence electrons. The highest BCUT2D eigenvalue weighted by atomic mass is 19.4.